The van der Waals surface area contributed by atoms with Crippen molar-refractivity contribution in [3.8, 4) is 0 Å². The van der Waals surface area contributed by atoms with Gasteiger partial charge in [-0.2, -0.15) is 0 Å². The number of hydrogen-bond acceptors (Lipinski definition) is 3. The minimum Gasteiger partial charge on any atom is -0.378 e. The molecule has 7 heteroatoms. The number of rotatable bonds is 8. The average molecular weight is 436 g/mol. The van der Waals surface area contributed by atoms with Crippen molar-refractivity contribution < 1.29 is 9.59 Å². The minimum absolute atomic E-state index is 0.228. The third kappa shape index (κ3) is 6.94. The number of nitrogens with zero attached hydrogens (tertiary/aromatic N) is 1. The molecule has 1 unspecified atom stereocenters. The molecule has 2 aromatic carbocycles. The lowest BCUT2D eigenvalue weighted by atomic mass is 10.0. The van der Waals surface area contributed by atoms with Crippen molar-refractivity contribution in [1.82, 2.24) is 10.6 Å². The van der Waals surface area contributed by atoms with Crippen molar-refractivity contribution in [3.63, 3.8) is 0 Å². The van der Waals surface area contributed by atoms with Crippen LogP contribution in [-0.4, -0.2) is 32.0 Å². The van der Waals surface area contributed by atoms with Crippen LogP contribution in [0.3, 0.4) is 0 Å². The van der Waals surface area contributed by atoms with E-state index in [4.69, 9.17) is 23.2 Å². The SMILES string of the molecule is CC(C)CC(NC(=O)c1ccc(Cl)cc1Cl)C(=O)NCc1ccc(N(C)C)cc1. The Bertz CT molecular complexity index is 852. The molecule has 2 aromatic rings. The van der Waals surface area contributed by atoms with Gasteiger partial charge in [-0.1, -0.05) is 49.2 Å². The molecule has 0 aliphatic carbocycles. The maximum absolute atomic E-state index is 12.7. The highest BCUT2D eigenvalue weighted by Gasteiger charge is 2.23. The lowest BCUT2D eigenvalue weighted by Crippen LogP contribution is -2.47. The first-order chi connectivity index (χ1) is 13.7. The van der Waals surface area contributed by atoms with Gasteiger partial charge >= 0.3 is 0 Å². The first-order valence-corrected chi connectivity index (χ1v) is 10.2. The minimum atomic E-state index is -0.657. The van der Waals surface area contributed by atoms with Crippen LogP contribution in [0.5, 0.6) is 0 Å². The molecule has 2 N–H and O–H groups in total. The topological polar surface area (TPSA) is 61.4 Å². The largest absolute Gasteiger partial charge is 0.378 e. The molecule has 0 aromatic heterocycles. The zero-order valence-electron chi connectivity index (χ0n) is 17.1. The predicted molar refractivity (Wildman–Crippen MR) is 120 cm³/mol. The van der Waals surface area contributed by atoms with Crippen molar-refractivity contribution >= 4 is 40.7 Å². The van der Waals surface area contributed by atoms with Crippen LogP contribution in [0.15, 0.2) is 42.5 Å². The van der Waals surface area contributed by atoms with Gasteiger partial charge in [-0.05, 0) is 48.2 Å². The Balaban J connectivity index is 2.04. The Hall–Kier alpha value is -2.24. The fraction of sp³-hybridized carbons (Fsp3) is 0.364. The van der Waals surface area contributed by atoms with Crippen molar-refractivity contribution in [3.05, 3.63) is 63.6 Å². The number of carbonyl (C=O) groups is 2. The molecule has 156 valence electrons. The smallest absolute Gasteiger partial charge is 0.253 e. The first kappa shape index (κ1) is 23.0. The lowest BCUT2D eigenvalue weighted by molar-refractivity contribution is -0.123. The second-order valence-corrected chi connectivity index (χ2v) is 8.40. The molecule has 0 heterocycles. The molecular weight excluding hydrogens is 409 g/mol. The summed E-state index contributed by atoms with van der Waals surface area (Å²) in [7, 11) is 3.95. The highest BCUT2D eigenvalue weighted by Crippen LogP contribution is 2.21. The second kappa shape index (κ2) is 10.5. The highest BCUT2D eigenvalue weighted by atomic mass is 35.5. The van der Waals surface area contributed by atoms with Gasteiger partial charge in [0.1, 0.15) is 6.04 Å². The van der Waals surface area contributed by atoms with Crippen LogP contribution in [-0.2, 0) is 11.3 Å². The number of carbonyl (C=O) groups excluding carboxylic acids is 2. The predicted octanol–water partition coefficient (Wildman–Crippen LogP) is 4.52. The zero-order chi connectivity index (χ0) is 21.6. The van der Waals surface area contributed by atoms with Crippen molar-refractivity contribution in [2.45, 2.75) is 32.9 Å². The summed E-state index contributed by atoms with van der Waals surface area (Å²) in [6.45, 7) is 4.39. The van der Waals surface area contributed by atoms with Crippen LogP contribution in [0, 0.1) is 5.92 Å². The van der Waals surface area contributed by atoms with E-state index in [1.807, 2.05) is 57.1 Å². The van der Waals surface area contributed by atoms with E-state index in [1.54, 1.807) is 12.1 Å². The van der Waals surface area contributed by atoms with Crippen molar-refractivity contribution in [1.29, 1.82) is 0 Å². The Morgan fingerprint density at radius 2 is 1.69 bits per heavy atom. The van der Waals surface area contributed by atoms with E-state index in [-0.39, 0.29) is 22.4 Å². The van der Waals surface area contributed by atoms with E-state index in [0.717, 1.165) is 11.3 Å². The second-order valence-electron chi connectivity index (χ2n) is 7.56. The first-order valence-electron chi connectivity index (χ1n) is 9.47. The van der Waals surface area contributed by atoms with Crippen LogP contribution in [0.25, 0.3) is 0 Å². The lowest BCUT2D eigenvalue weighted by Gasteiger charge is -2.21. The molecule has 0 saturated carbocycles. The number of amides is 2. The third-order valence-electron chi connectivity index (χ3n) is 4.42. The summed E-state index contributed by atoms with van der Waals surface area (Å²) in [6.07, 6.45) is 0.516. The summed E-state index contributed by atoms with van der Waals surface area (Å²) in [4.78, 5) is 27.4. The molecule has 0 radical (unpaired) electrons. The molecule has 2 amide bonds. The number of halogens is 2. The molecule has 0 aliphatic heterocycles. The Kier molecular flexibility index (Phi) is 8.35. The van der Waals surface area contributed by atoms with E-state index < -0.39 is 11.9 Å². The van der Waals surface area contributed by atoms with Gasteiger partial charge < -0.3 is 15.5 Å². The fourth-order valence-corrected chi connectivity index (χ4v) is 3.33. The van der Waals surface area contributed by atoms with Crippen LogP contribution >= 0.6 is 23.2 Å². The van der Waals surface area contributed by atoms with Gasteiger partial charge in [0.15, 0.2) is 0 Å². The van der Waals surface area contributed by atoms with E-state index in [2.05, 4.69) is 10.6 Å². The van der Waals surface area contributed by atoms with Crippen LogP contribution in [0.4, 0.5) is 5.69 Å². The molecule has 0 bridgehead atoms. The quantitative estimate of drug-likeness (QED) is 0.640. The number of anilines is 1. The summed E-state index contributed by atoms with van der Waals surface area (Å²) in [5.41, 5.74) is 2.36. The molecule has 0 aliphatic rings. The Labute approximate surface area is 182 Å². The average Bonchev–Trinajstić information content (AvgIpc) is 2.65. The van der Waals surface area contributed by atoms with Gasteiger partial charge in [-0.15, -0.1) is 0 Å². The summed E-state index contributed by atoms with van der Waals surface area (Å²) >= 11 is 12.0. The van der Waals surface area contributed by atoms with Crippen LogP contribution in [0.1, 0.15) is 36.2 Å². The third-order valence-corrected chi connectivity index (χ3v) is 4.97. The highest BCUT2D eigenvalue weighted by molar-refractivity contribution is 6.36. The summed E-state index contributed by atoms with van der Waals surface area (Å²) in [5, 5.41) is 6.41. The summed E-state index contributed by atoms with van der Waals surface area (Å²) in [6, 6.07) is 11.9. The van der Waals surface area contributed by atoms with Gasteiger partial charge in [-0.25, -0.2) is 0 Å². The Morgan fingerprint density at radius 3 is 2.24 bits per heavy atom. The van der Waals surface area contributed by atoms with Gasteiger partial charge in [-0.3, -0.25) is 9.59 Å². The standard InChI is InChI=1S/C22H27Cl2N3O2/c1-14(2)11-20(26-21(28)18-10-7-16(23)12-19(18)24)22(29)25-13-15-5-8-17(9-6-15)27(3)4/h5-10,12,14,20H,11,13H2,1-4H3,(H,25,29)(H,26,28). The maximum atomic E-state index is 12.7. The molecule has 5 nitrogen and oxygen atoms in total. The molecule has 0 saturated heterocycles. The number of nitrogens with one attached hydrogen (secondary N) is 2. The van der Waals surface area contributed by atoms with Gasteiger partial charge in [0.25, 0.3) is 5.91 Å². The molecule has 0 fully saturated rings. The molecular formula is C22H27Cl2N3O2. The number of benzene rings is 2. The van der Waals surface area contributed by atoms with E-state index in [9.17, 15) is 9.59 Å². The molecule has 29 heavy (non-hydrogen) atoms. The van der Waals surface area contributed by atoms with Crippen molar-refractivity contribution in [2.75, 3.05) is 19.0 Å². The molecule has 1 atom stereocenters. The van der Waals surface area contributed by atoms with E-state index >= 15 is 0 Å². The van der Waals surface area contributed by atoms with Crippen LogP contribution < -0.4 is 15.5 Å². The zero-order valence-corrected chi connectivity index (χ0v) is 18.6. The van der Waals surface area contributed by atoms with Gasteiger partial charge in [0.05, 0.1) is 10.6 Å². The fourth-order valence-electron chi connectivity index (χ4n) is 2.84. The number of hydrogen-bond donors (Lipinski definition) is 2. The normalized spacial score (nSPS) is 11.8. The Morgan fingerprint density at radius 1 is 1.03 bits per heavy atom. The molecule has 2 rings (SSSR count). The monoisotopic (exact) mass is 435 g/mol. The summed E-state index contributed by atoms with van der Waals surface area (Å²) in [5.74, 6) is -0.400. The van der Waals surface area contributed by atoms with Gasteiger partial charge in [0, 0.05) is 31.4 Å². The molecule has 0 spiro atoms. The van der Waals surface area contributed by atoms with Crippen LogP contribution in [0.2, 0.25) is 10.0 Å². The maximum Gasteiger partial charge on any atom is 0.253 e. The van der Waals surface area contributed by atoms with E-state index in [1.165, 1.54) is 6.07 Å². The van der Waals surface area contributed by atoms with Crippen molar-refractivity contribution in [2.24, 2.45) is 5.92 Å². The summed E-state index contributed by atoms with van der Waals surface area (Å²) < 4.78 is 0. The van der Waals surface area contributed by atoms with E-state index in [0.29, 0.717) is 18.0 Å². The van der Waals surface area contributed by atoms with Gasteiger partial charge in [0.2, 0.25) is 5.91 Å².